The number of alkyl halides is 1. The molecule has 6 nitrogen and oxygen atoms in total. The van der Waals surface area contributed by atoms with Gasteiger partial charge >= 0.3 is 5.89 Å². The Hall–Kier alpha value is -1.76. The summed E-state index contributed by atoms with van der Waals surface area (Å²) in [6, 6.07) is 5.00. The molecule has 0 saturated heterocycles. The van der Waals surface area contributed by atoms with E-state index in [0.717, 1.165) is 4.73 Å². The van der Waals surface area contributed by atoms with Gasteiger partial charge in [-0.05, 0) is 13.0 Å². The van der Waals surface area contributed by atoms with Gasteiger partial charge in [0, 0.05) is 18.7 Å². The highest BCUT2D eigenvalue weighted by Crippen LogP contribution is 2.20. The Balaban J connectivity index is 2.10. The van der Waals surface area contributed by atoms with Gasteiger partial charge < -0.3 is 19.7 Å². The predicted octanol–water partition coefficient (Wildman–Crippen LogP) is 1.52. The fraction of sp³-hybridized carbons (Fsp3) is 0.385. The minimum Gasteiger partial charge on any atom is -0.616 e. The number of hydrogen-bond donors (Lipinski definition) is 1. The molecule has 0 bridgehead atoms. The van der Waals surface area contributed by atoms with E-state index < -0.39 is 0 Å². The van der Waals surface area contributed by atoms with Gasteiger partial charge in [-0.3, -0.25) is 4.79 Å². The summed E-state index contributed by atoms with van der Waals surface area (Å²) >= 11 is 3.17. The Kier molecular flexibility index (Phi) is 4.49. The van der Waals surface area contributed by atoms with E-state index in [1.165, 1.54) is 0 Å². The van der Waals surface area contributed by atoms with Gasteiger partial charge in [-0.1, -0.05) is 15.9 Å². The maximum absolute atomic E-state index is 12.0. The summed E-state index contributed by atoms with van der Waals surface area (Å²) < 4.78 is 11.3. The average molecular weight is 343 g/mol. The van der Waals surface area contributed by atoms with Crippen LogP contribution in [0.25, 0.3) is 11.1 Å². The highest BCUT2D eigenvalue weighted by molar-refractivity contribution is 9.10. The van der Waals surface area contributed by atoms with E-state index in [9.17, 15) is 10.0 Å². The number of carbonyl (C=O) groups excluding carboxylic acids is 1. The molecule has 108 valence electrons. The molecule has 2 rings (SSSR count). The van der Waals surface area contributed by atoms with Crippen LogP contribution in [0.3, 0.4) is 0 Å². The lowest BCUT2D eigenvalue weighted by atomic mass is 10.3. The smallest absolute Gasteiger partial charge is 0.361 e. The Morgan fingerprint density at radius 1 is 1.60 bits per heavy atom. The van der Waals surface area contributed by atoms with Crippen molar-refractivity contribution in [2.24, 2.45) is 0 Å². The van der Waals surface area contributed by atoms with Crippen molar-refractivity contribution < 1.29 is 18.7 Å². The first-order valence-corrected chi connectivity index (χ1v) is 7.05. The van der Waals surface area contributed by atoms with E-state index >= 15 is 0 Å². The Labute approximate surface area is 124 Å². The normalized spacial score (nSPS) is 12.3. The molecular formula is C13H15BrN2O4. The van der Waals surface area contributed by atoms with Crippen molar-refractivity contribution >= 4 is 32.9 Å². The molecule has 0 aliphatic heterocycles. The van der Waals surface area contributed by atoms with Gasteiger partial charge in [-0.2, -0.15) is 0 Å². The molecule has 1 heterocycles. The number of carbonyl (C=O) groups is 1. The number of halogens is 1. The molecule has 7 heteroatoms. The number of benzene rings is 1. The van der Waals surface area contributed by atoms with E-state index in [0.29, 0.717) is 29.8 Å². The third kappa shape index (κ3) is 3.04. The Bertz CT molecular complexity index is 624. The lowest BCUT2D eigenvalue weighted by molar-refractivity contribution is -0.592. The van der Waals surface area contributed by atoms with Crippen LogP contribution < -0.4 is 14.8 Å². The van der Waals surface area contributed by atoms with Crippen molar-refractivity contribution in [1.29, 1.82) is 0 Å². The molecule has 1 aromatic heterocycles. The van der Waals surface area contributed by atoms with Crippen molar-refractivity contribution in [3.05, 3.63) is 29.3 Å². The van der Waals surface area contributed by atoms with Crippen molar-refractivity contribution in [3.8, 4) is 5.75 Å². The zero-order valence-corrected chi connectivity index (χ0v) is 12.8. The second-order valence-electron chi connectivity index (χ2n) is 4.28. The molecule has 1 N–H and O–H groups in total. The molecule has 0 aliphatic rings. The molecule has 0 fully saturated rings. The van der Waals surface area contributed by atoms with Gasteiger partial charge in [-0.25, -0.2) is 0 Å². The molecular weight excluding hydrogens is 328 g/mol. The second-order valence-corrected chi connectivity index (χ2v) is 5.65. The van der Waals surface area contributed by atoms with Crippen molar-refractivity contribution in [2.45, 2.75) is 18.2 Å². The summed E-state index contributed by atoms with van der Waals surface area (Å²) in [5, 5.41) is 14.7. The SMILES string of the molecule is COc1ccc2c(c1)oc(CCNC(=O)C(C)Br)[n+]2[O-]. The van der Waals surface area contributed by atoms with Crippen molar-refractivity contribution in [3.63, 3.8) is 0 Å². The van der Waals surface area contributed by atoms with Crippen LogP contribution in [0.2, 0.25) is 0 Å². The predicted molar refractivity (Wildman–Crippen MR) is 76.8 cm³/mol. The van der Waals surface area contributed by atoms with Gasteiger partial charge in [0.05, 0.1) is 18.4 Å². The number of fused-ring (bicyclic) bond motifs is 1. The first-order chi connectivity index (χ1) is 9.52. The van der Waals surface area contributed by atoms with Crippen molar-refractivity contribution in [2.75, 3.05) is 13.7 Å². The van der Waals surface area contributed by atoms with Crippen LogP contribution in [0, 0.1) is 5.21 Å². The number of nitrogens with one attached hydrogen (secondary N) is 1. The summed E-state index contributed by atoms with van der Waals surface area (Å²) in [7, 11) is 1.55. The van der Waals surface area contributed by atoms with E-state index in [2.05, 4.69) is 21.2 Å². The minimum atomic E-state index is -0.262. The standard InChI is InChI=1S/C13H15BrN2O4/c1-8(14)13(17)15-6-5-12-16(18)10-4-3-9(19-2)7-11(10)20-12/h3-4,7-8H,5-6H2,1-2H3,(H,15,17). The highest BCUT2D eigenvalue weighted by Gasteiger charge is 2.18. The van der Waals surface area contributed by atoms with Crippen LogP contribution in [0.4, 0.5) is 0 Å². The Morgan fingerprint density at radius 2 is 2.35 bits per heavy atom. The van der Waals surface area contributed by atoms with E-state index in [-0.39, 0.29) is 16.6 Å². The molecule has 0 spiro atoms. The summed E-state index contributed by atoms with van der Waals surface area (Å²) in [6.07, 6.45) is 0.325. The van der Waals surface area contributed by atoms with Gasteiger partial charge in [0.2, 0.25) is 11.5 Å². The molecule has 1 aromatic carbocycles. The molecule has 2 aromatic rings. The highest BCUT2D eigenvalue weighted by atomic mass is 79.9. The second kappa shape index (κ2) is 6.13. The molecule has 20 heavy (non-hydrogen) atoms. The van der Waals surface area contributed by atoms with Crippen LogP contribution >= 0.6 is 15.9 Å². The number of hydrogen-bond acceptors (Lipinski definition) is 4. The number of oxazole rings is 1. The zero-order valence-electron chi connectivity index (χ0n) is 11.2. The topological polar surface area (TPSA) is 78.4 Å². The monoisotopic (exact) mass is 342 g/mol. The fourth-order valence-electron chi connectivity index (χ4n) is 1.76. The van der Waals surface area contributed by atoms with Crippen molar-refractivity contribution in [1.82, 2.24) is 5.32 Å². The molecule has 0 radical (unpaired) electrons. The summed E-state index contributed by atoms with van der Waals surface area (Å²) in [6.45, 7) is 2.07. The summed E-state index contributed by atoms with van der Waals surface area (Å²) in [5.41, 5.74) is 0.913. The maximum Gasteiger partial charge on any atom is 0.361 e. The number of aromatic nitrogens is 1. The van der Waals surface area contributed by atoms with Gasteiger partial charge in [0.15, 0.2) is 0 Å². The molecule has 1 atom stereocenters. The quantitative estimate of drug-likeness (QED) is 0.507. The summed E-state index contributed by atoms with van der Waals surface area (Å²) in [5.74, 6) is 0.760. The largest absolute Gasteiger partial charge is 0.616 e. The Morgan fingerprint density at radius 3 is 3.00 bits per heavy atom. The van der Waals surface area contributed by atoms with E-state index in [4.69, 9.17) is 9.15 Å². The first kappa shape index (κ1) is 14.6. The summed E-state index contributed by atoms with van der Waals surface area (Å²) in [4.78, 5) is 11.1. The van der Waals surface area contributed by atoms with Gasteiger partial charge in [0.1, 0.15) is 5.75 Å². The van der Waals surface area contributed by atoms with Gasteiger partial charge in [-0.15, -0.1) is 4.73 Å². The number of methoxy groups -OCH3 is 1. The zero-order chi connectivity index (χ0) is 14.7. The van der Waals surface area contributed by atoms with Crippen LogP contribution in [0.1, 0.15) is 12.8 Å². The minimum absolute atomic E-state index is 0.125. The van der Waals surface area contributed by atoms with Crippen LogP contribution in [-0.4, -0.2) is 24.4 Å². The first-order valence-electron chi connectivity index (χ1n) is 6.13. The average Bonchev–Trinajstić information content (AvgIpc) is 2.74. The third-order valence-corrected chi connectivity index (χ3v) is 3.26. The van der Waals surface area contributed by atoms with E-state index in [1.54, 1.807) is 32.2 Å². The maximum atomic E-state index is 12.0. The molecule has 1 unspecified atom stereocenters. The lowest BCUT2D eigenvalue weighted by Gasteiger charge is -2.04. The van der Waals surface area contributed by atoms with Gasteiger partial charge in [0.25, 0.3) is 5.52 Å². The van der Waals surface area contributed by atoms with Crippen LogP contribution in [0.15, 0.2) is 22.6 Å². The lowest BCUT2D eigenvalue weighted by Crippen LogP contribution is -2.35. The number of rotatable bonds is 5. The molecule has 0 saturated carbocycles. The fourth-order valence-corrected chi connectivity index (χ4v) is 1.92. The third-order valence-electron chi connectivity index (χ3n) is 2.84. The molecule has 0 aliphatic carbocycles. The van der Waals surface area contributed by atoms with Crippen LogP contribution in [0.5, 0.6) is 5.75 Å². The number of amides is 1. The number of nitrogens with zero attached hydrogens (tertiary/aromatic N) is 1. The molecule has 1 amide bonds. The van der Waals surface area contributed by atoms with Crippen LogP contribution in [-0.2, 0) is 11.2 Å². The van der Waals surface area contributed by atoms with E-state index in [1.807, 2.05) is 0 Å². The number of ether oxygens (including phenoxy) is 1.